The van der Waals surface area contributed by atoms with Crippen LogP contribution in [0.15, 0.2) is 142 Å². The molecule has 0 aromatic heterocycles. The molecule has 0 unspecified atom stereocenters. The summed E-state index contributed by atoms with van der Waals surface area (Å²) in [6.07, 6.45) is 0. The number of azo groups is 2. The van der Waals surface area contributed by atoms with Crippen molar-refractivity contribution < 1.29 is 39.6 Å². The van der Waals surface area contributed by atoms with E-state index in [0.717, 1.165) is 11.4 Å². The van der Waals surface area contributed by atoms with Crippen molar-refractivity contribution in [3.05, 3.63) is 144 Å². The van der Waals surface area contributed by atoms with Crippen LogP contribution in [0.1, 0.15) is 41.4 Å². The Morgan fingerprint density at radius 2 is 0.654 bits per heavy atom. The van der Waals surface area contributed by atoms with Crippen LogP contribution in [-0.2, 0) is 0 Å². The van der Waals surface area contributed by atoms with Crippen molar-refractivity contribution in [1.82, 2.24) is 0 Å². The number of carbonyl (C=O) groups is 4. The molecule has 0 radical (unpaired) electrons. The Morgan fingerprint density at radius 3 is 0.923 bits per heavy atom. The second kappa shape index (κ2) is 19.1. The van der Waals surface area contributed by atoms with Gasteiger partial charge < -0.3 is 30.2 Å². The van der Waals surface area contributed by atoms with Crippen LogP contribution in [0.3, 0.4) is 0 Å². The van der Waals surface area contributed by atoms with Crippen molar-refractivity contribution in [3.63, 3.8) is 0 Å². The van der Waals surface area contributed by atoms with Gasteiger partial charge in [-0.25, -0.2) is 19.2 Å². The van der Waals surface area contributed by atoms with Crippen molar-refractivity contribution in [2.45, 2.75) is 0 Å². The topological polar surface area (TPSA) is 205 Å². The summed E-state index contributed by atoms with van der Waals surface area (Å²) in [5.74, 6) is -4.48. The fraction of sp³-hybridized carbons (Fsp3) is 0.105. The van der Waals surface area contributed by atoms with Gasteiger partial charge in [-0.1, -0.05) is 36.4 Å². The van der Waals surface area contributed by atoms with Crippen LogP contribution in [0.25, 0.3) is 0 Å². The summed E-state index contributed by atoms with van der Waals surface area (Å²) >= 11 is 0. The molecule has 0 amide bonds. The molecule has 5 aromatic rings. The van der Waals surface area contributed by atoms with Crippen molar-refractivity contribution in [3.8, 4) is 0 Å². The van der Waals surface area contributed by atoms with Crippen LogP contribution in [0.5, 0.6) is 0 Å². The molecule has 266 valence electrons. The van der Waals surface area contributed by atoms with E-state index in [4.69, 9.17) is 20.4 Å². The van der Waals surface area contributed by atoms with E-state index in [1.807, 2.05) is 86.5 Å². The number of nitrogens with zero attached hydrogens (tertiary/aromatic N) is 6. The second-order valence-electron chi connectivity index (χ2n) is 11.0. The summed E-state index contributed by atoms with van der Waals surface area (Å²) in [6.45, 7) is 0. The van der Waals surface area contributed by atoms with Gasteiger partial charge >= 0.3 is 23.9 Å². The van der Waals surface area contributed by atoms with Crippen molar-refractivity contribution in [2.24, 2.45) is 20.5 Å². The lowest BCUT2D eigenvalue weighted by atomic mass is 10.1. The lowest BCUT2D eigenvalue weighted by Gasteiger charge is -2.11. The molecule has 52 heavy (non-hydrogen) atoms. The van der Waals surface area contributed by atoms with E-state index in [-0.39, 0.29) is 22.3 Å². The standard InChI is InChI=1S/2C15H15N3O2.C8H6O4/c2*1-18(2)12-9-7-11(8-10-12)16-17-14-6-4-3-5-13(14)15(19)20;9-7(10)5-3-1-2-4-6(5)8(11)12/h2*3-10H,1-2H3,(H,19,20);1-4H,(H,9,10)(H,11,12). The highest BCUT2D eigenvalue weighted by atomic mass is 16.4. The Kier molecular flexibility index (Phi) is 14.4. The predicted octanol–water partition coefficient (Wildman–Crippen LogP) is 8.82. The maximum absolute atomic E-state index is 11.0. The molecule has 5 aromatic carbocycles. The summed E-state index contributed by atoms with van der Waals surface area (Å²) in [5, 5.41) is 51.3. The number of rotatable bonds is 10. The quantitative estimate of drug-likeness (QED) is 0.102. The number of aromatic carboxylic acids is 4. The van der Waals surface area contributed by atoms with Gasteiger partial charge in [0.25, 0.3) is 0 Å². The Bertz CT molecular complexity index is 1910. The molecule has 4 N–H and O–H groups in total. The summed E-state index contributed by atoms with van der Waals surface area (Å²) in [7, 11) is 7.83. The van der Waals surface area contributed by atoms with Gasteiger partial charge in [-0.05, 0) is 84.9 Å². The van der Waals surface area contributed by atoms with Gasteiger partial charge in [-0.2, -0.15) is 10.2 Å². The molecule has 0 atom stereocenters. The fourth-order valence-corrected chi connectivity index (χ4v) is 4.20. The number of carboxylic acids is 4. The zero-order valence-electron chi connectivity index (χ0n) is 28.7. The van der Waals surface area contributed by atoms with E-state index in [2.05, 4.69) is 20.5 Å². The van der Waals surface area contributed by atoms with Crippen molar-refractivity contribution in [1.29, 1.82) is 0 Å². The maximum Gasteiger partial charge on any atom is 0.337 e. The molecule has 0 fully saturated rings. The van der Waals surface area contributed by atoms with Crippen LogP contribution < -0.4 is 9.80 Å². The number of hydrogen-bond donors (Lipinski definition) is 4. The van der Waals surface area contributed by atoms with E-state index >= 15 is 0 Å². The Balaban J connectivity index is 0.000000218. The van der Waals surface area contributed by atoms with Gasteiger partial charge in [0.05, 0.1) is 33.6 Å². The zero-order valence-corrected chi connectivity index (χ0v) is 28.7. The summed E-state index contributed by atoms with van der Waals surface area (Å²) in [4.78, 5) is 47.0. The highest BCUT2D eigenvalue weighted by molar-refractivity contribution is 6.01. The van der Waals surface area contributed by atoms with Crippen LogP contribution in [0.2, 0.25) is 0 Å². The monoisotopic (exact) mass is 704 g/mol. The molecule has 0 aliphatic carbocycles. The SMILES string of the molecule is CN(C)c1ccc(N=Nc2ccccc2C(=O)O)cc1.CN(C)c1ccc(N=Nc2ccccc2C(=O)O)cc1.O=C(O)c1ccccc1C(=O)O. The average Bonchev–Trinajstić information content (AvgIpc) is 3.14. The summed E-state index contributed by atoms with van der Waals surface area (Å²) < 4.78 is 0. The molecule has 0 saturated carbocycles. The van der Waals surface area contributed by atoms with Crippen molar-refractivity contribution >= 4 is 58.0 Å². The second-order valence-corrected chi connectivity index (χ2v) is 11.0. The highest BCUT2D eigenvalue weighted by Gasteiger charge is 2.14. The first kappa shape index (κ1) is 39.2. The smallest absolute Gasteiger partial charge is 0.337 e. The van der Waals surface area contributed by atoms with Gasteiger partial charge in [-0.3, -0.25) is 0 Å². The third-order valence-corrected chi connectivity index (χ3v) is 6.94. The predicted molar refractivity (Wildman–Crippen MR) is 197 cm³/mol. The van der Waals surface area contributed by atoms with Crippen LogP contribution in [-0.4, -0.2) is 72.5 Å². The molecule has 5 rings (SSSR count). The van der Waals surface area contributed by atoms with E-state index < -0.39 is 23.9 Å². The minimum Gasteiger partial charge on any atom is -0.478 e. The normalized spacial score (nSPS) is 10.4. The fourth-order valence-electron chi connectivity index (χ4n) is 4.20. The zero-order chi connectivity index (χ0) is 38.2. The van der Waals surface area contributed by atoms with Crippen LogP contribution in [0.4, 0.5) is 34.1 Å². The lowest BCUT2D eigenvalue weighted by molar-refractivity contribution is 0.0651. The molecule has 14 nitrogen and oxygen atoms in total. The minimum atomic E-state index is -1.23. The van der Waals surface area contributed by atoms with Gasteiger partial charge in [-0.15, -0.1) is 10.2 Å². The summed E-state index contributed by atoms with van der Waals surface area (Å²) in [6, 6.07) is 33.6. The lowest BCUT2D eigenvalue weighted by Crippen LogP contribution is -2.07. The third kappa shape index (κ3) is 11.7. The van der Waals surface area contributed by atoms with E-state index in [0.29, 0.717) is 22.7 Å². The van der Waals surface area contributed by atoms with Crippen LogP contribution in [0, 0.1) is 0 Å². The first-order valence-electron chi connectivity index (χ1n) is 15.4. The Morgan fingerprint density at radius 1 is 0.385 bits per heavy atom. The maximum atomic E-state index is 11.0. The van der Waals surface area contributed by atoms with E-state index in [1.165, 1.54) is 36.4 Å². The Labute approximate surface area is 299 Å². The molecular weight excluding hydrogens is 668 g/mol. The van der Waals surface area contributed by atoms with Gasteiger partial charge in [0, 0.05) is 39.6 Å². The van der Waals surface area contributed by atoms with E-state index in [9.17, 15) is 19.2 Å². The molecule has 0 saturated heterocycles. The molecular formula is C38H36N6O8. The van der Waals surface area contributed by atoms with E-state index in [1.54, 1.807) is 36.4 Å². The number of benzene rings is 5. The molecule has 14 heteroatoms. The van der Waals surface area contributed by atoms with Gasteiger partial charge in [0.15, 0.2) is 0 Å². The molecule has 0 heterocycles. The summed E-state index contributed by atoms with van der Waals surface area (Å²) in [5.41, 5.74) is 4.07. The minimum absolute atomic E-state index is 0.140. The first-order chi connectivity index (χ1) is 24.8. The van der Waals surface area contributed by atoms with Crippen LogP contribution >= 0.6 is 0 Å². The largest absolute Gasteiger partial charge is 0.478 e. The van der Waals surface area contributed by atoms with Gasteiger partial charge in [0.1, 0.15) is 11.4 Å². The highest BCUT2D eigenvalue weighted by Crippen LogP contribution is 2.25. The van der Waals surface area contributed by atoms with Crippen molar-refractivity contribution in [2.75, 3.05) is 38.0 Å². The van der Waals surface area contributed by atoms with Gasteiger partial charge in [0.2, 0.25) is 0 Å². The number of anilines is 2. The Hall–Kier alpha value is -7.22. The number of hydrogen-bond acceptors (Lipinski definition) is 10. The molecule has 0 spiro atoms. The first-order valence-corrected chi connectivity index (χ1v) is 15.4. The average molecular weight is 705 g/mol. The molecule has 0 aliphatic rings. The number of carboxylic acid groups (broad SMARTS) is 4. The third-order valence-electron chi connectivity index (χ3n) is 6.94. The molecule has 0 aliphatic heterocycles. The molecule has 0 bridgehead atoms.